The van der Waals surface area contributed by atoms with Gasteiger partial charge in [0.05, 0.1) is 11.7 Å². The molecule has 74 valence electrons. The highest BCUT2D eigenvalue weighted by molar-refractivity contribution is 8.14. The molecule has 2 N–H and O–H groups in total. The molecule has 13 heavy (non-hydrogen) atoms. The van der Waals surface area contributed by atoms with E-state index in [0.717, 1.165) is 11.5 Å². The van der Waals surface area contributed by atoms with E-state index >= 15 is 0 Å². The number of carbonyl (C=O) groups is 1. The fraction of sp³-hybridized carbons (Fsp3) is 0.750. The number of hydrogen-bond acceptors (Lipinski definition) is 5. The van der Waals surface area contributed by atoms with Crippen LogP contribution in [0.4, 0.5) is 0 Å². The molecule has 0 bridgehead atoms. The molecule has 1 atom stereocenters. The lowest BCUT2D eigenvalue weighted by atomic mass is 10.3. The third-order valence-electron chi connectivity index (χ3n) is 1.62. The van der Waals surface area contributed by atoms with Crippen molar-refractivity contribution in [3.8, 4) is 0 Å². The molecule has 0 fully saturated rings. The number of hydrogen-bond donors (Lipinski definition) is 1. The summed E-state index contributed by atoms with van der Waals surface area (Å²) in [6.45, 7) is 2.80. The van der Waals surface area contributed by atoms with E-state index in [4.69, 9.17) is 10.5 Å². The van der Waals surface area contributed by atoms with Crippen LogP contribution in [0.1, 0.15) is 13.3 Å². The molecule has 0 amide bonds. The maximum atomic E-state index is 11.2. The summed E-state index contributed by atoms with van der Waals surface area (Å²) in [6, 6.07) is -0.300. The molecule has 0 radical (unpaired) electrons. The van der Waals surface area contributed by atoms with Crippen LogP contribution in [-0.4, -0.2) is 36.0 Å². The van der Waals surface area contributed by atoms with Gasteiger partial charge < -0.3 is 10.5 Å². The van der Waals surface area contributed by atoms with Crippen molar-refractivity contribution in [1.29, 1.82) is 0 Å². The van der Waals surface area contributed by atoms with Gasteiger partial charge in [-0.05, 0) is 13.5 Å². The summed E-state index contributed by atoms with van der Waals surface area (Å²) in [5.74, 6) is 0.482. The van der Waals surface area contributed by atoms with Crippen LogP contribution in [0.2, 0.25) is 0 Å². The molecule has 0 aromatic heterocycles. The Morgan fingerprint density at radius 2 is 2.62 bits per heavy atom. The first-order chi connectivity index (χ1) is 6.27. The summed E-state index contributed by atoms with van der Waals surface area (Å²) in [7, 11) is 0. The van der Waals surface area contributed by atoms with Crippen molar-refractivity contribution in [3.63, 3.8) is 0 Å². The molecule has 0 aromatic rings. The number of carbonyl (C=O) groups excluding carboxylic acids is 1. The normalized spacial score (nSPS) is 21.4. The first-order valence-electron chi connectivity index (χ1n) is 4.34. The van der Waals surface area contributed by atoms with Crippen LogP contribution in [0, 0.1) is 0 Å². The largest absolute Gasteiger partial charge is 0.464 e. The van der Waals surface area contributed by atoms with Crippen molar-refractivity contribution in [2.75, 3.05) is 18.9 Å². The highest BCUT2D eigenvalue weighted by Crippen LogP contribution is 2.20. The summed E-state index contributed by atoms with van der Waals surface area (Å²) in [5.41, 5.74) is 5.38. The lowest BCUT2D eigenvalue weighted by Gasteiger charge is -2.03. The Labute approximate surface area is 81.9 Å². The molecule has 0 unspecified atom stereocenters. The topological polar surface area (TPSA) is 64.7 Å². The van der Waals surface area contributed by atoms with E-state index in [1.54, 1.807) is 18.7 Å². The van der Waals surface area contributed by atoms with Crippen molar-refractivity contribution in [2.24, 2.45) is 10.7 Å². The first-order valence-corrected chi connectivity index (χ1v) is 5.32. The molecule has 0 saturated carbocycles. The van der Waals surface area contributed by atoms with E-state index in [-0.39, 0.29) is 12.0 Å². The second-order valence-corrected chi connectivity index (χ2v) is 3.73. The molecule has 4 nitrogen and oxygen atoms in total. The van der Waals surface area contributed by atoms with Gasteiger partial charge in [0.1, 0.15) is 0 Å². The van der Waals surface area contributed by atoms with E-state index in [9.17, 15) is 4.79 Å². The lowest BCUT2D eigenvalue weighted by Crippen LogP contribution is -2.21. The van der Waals surface area contributed by atoms with E-state index in [1.807, 2.05) is 0 Å². The van der Waals surface area contributed by atoms with Gasteiger partial charge in [0.25, 0.3) is 0 Å². The highest BCUT2D eigenvalue weighted by atomic mass is 32.2. The predicted octanol–water partition coefficient (Wildman–Crippen LogP) is 0.412. The van der Waals surface area contributed by atoms with Crippen LogP contribution in [0.25, 0.3) is 0 Å². The number of nitrogens with two attached hydrogens (primary N) is 1. The Morgan fingerprint density at radius 1 is 1.85 bits per heavy atom. The standard InChI is InChI=1S/C8H14N2O2S/c1-2-12-8(11)6-5-13-7(10-6)3-4-9/h6H,2-5,9H2,1H3/t6-/m1/s1. The van der Waals surface area contributed by atoms with Gasteiger partial charge in [-0.15, -0.1) is 11.8 Å². The highest BCUT2D eigenvalue weighted by Gasteiger charge is 2.25. The average molecular weight is 202 g/mol. The zero-order valence-corrected chi connectivity index (χ0v) is 8.47. The van der Waals surface area contributed by atoms with Crippen LogP contribution < -0.4 is 5.73 Å². The average Bonchev–Trinajstić information content (AvgIpc) is 2.54. The molecule has 1 aliphatic heterocycles. The SMILES string of the molecule is CCOC(=O)[C@H]1CSC(CCN)=N1. The number of aliphatic imine (C=N–C) groups is 1. The summed E-state index contributed by atoms with van der Waals surface area (Å²) in [4.78, 5) is 15.4. The molecule has 1 aliphatic rings. The van der Waals surface area contributed by atoms with Gasteiger partial charge in [0, 0.05) is 12.2 Å². The van der Waals surface area contributed by atoms with Crippen molar-refractivity contribution in [1.82, 2.24) is 0 Å². The quantitative estimate of drug-likeness (QED) is 0.671. The van der Waals surface area contributed by atoms with Crippen molar-refractivity contribution >= 4 is 22.8 Å². The minimum atomic E-state index is -0.300. The monoisotopic (exact) mass is 202 g/mol. The zero-order valence-electron chi connectivity index (χ0n) is 7.66. The molecule has 1 rings (SSSR count). The maximum absolute atomic E-state index is 11.2. The fourth-order valence-corrected chi connectivity index (χ4v) is 2.07. The molecule has 5 heteroatoms. The van der Waals surface area contributed by atoms with Crippen LogP contribution >= 0.6 is 11.8 Å². The van der Waals surface area contributed by atoms with E-state index in [0.29, 0.717) is 18.9 Å². The van der Waals surface area contributed by atoms with Crippen molar-refractivity contribution in [3.05, 3.63) is 0 Å². The summed E-state index contributed by atoms with van der Waals surface area (Å²) in [6.07, 6.45) is 0.764. The lowest BCUT2D eigenvalue weighted by molar-refractivity contribution is -0.143. The van der Waals surface area contributed by atoms with Crippen LogP contribution in [0.3, 0.4) is 0 Å². The predicted molar refractivity (Wildman–Crippen MR) is 54.0 cm³/mol. The van der Waals surface area contributed by atoms with Gasteiger partial charge in [-0.3, -0.25) is 4.99 Å². The van der Waals surface area contributed by atoms with E-state index < -0.39 is 0 Å². The number of thioether (sulfide) groups is 1. The van der Waals surface area contributed by atoms with Crippen molar-refractivity contribution < 1.29 is 9.53 Å². The van der Waals surface area contributed by atoms with Crippen molar-refractivity contribution in [2.45, 2.75) is 19.4 Å². The summed E-state index contributed by atoms with van der Waals surface area (Å²) in [5, 5.41) is 0.973. The van der Waals surface area contributed by atoms with Crippen LogP contribution in [0.15, 0.2) is 4.99 Å². The van der Waals surface area contributed by atoms with E-state index in [2.05, 4.69) is 4.99 Å². The maximum Gasteiger partial charge on any atom is 0.331 e. The van der Waals surface area contributed by atoms with Gasteiger partial charge in [-0.25, -0.2) is 4.79 Å². The summed E-state index contributed by atoms with van der Waals surface area (Å²) >= 11 is 1.60. The Balaban J connectivity index is 2.42. The molecular weight excluding hydrogens is 188 g/mol. The van der Waals surface area contributed by atoms with Gasteiger partial charge >= 0.3 is 5.97 Å². The molecule has 0 aliphatic carbocycles. The number of ether oxygens (including phenoxy) is 1. The fourth-order valence-electron chi connectivity index (χ4n) is 1.04. The Bertz CT molecular complexity index is 218. The second-order valence-electron chi connectivity index (χ2n) is 2.64. The first kappa shape index (κ1) is 10.5. The number of esters is 1. The van der Waals surface area contributed by atoms with Crippen LogP contribution in [-0.2, 0) is 9.53 Å². The number of nitrogens with zero attached hydrogens (tertiary/aromatic N) is 1. The second kappa shape index (κ2) is 5.24. The summed E-state index contributed by atoms with van der Waals surface area (Å²) < 4.78 is 4.86. The van der Waals surface area contributed by atoms with Gasteiger partial charge in [0.15, 0.2) is 6.04 Å². The zero-order chi connectivity index (χ0) is 9.68. The third-order valence-corrected chi connectivity index (χ3v) is 2.75. The minimum Gasteiger partial charge on any atom is -0.464 e. The van der Waals surface area contributed by atoms with E-state index in [1.165, 1.54) is 0 Å². The van der Waals surface area contributed by atoms with Gasteiger partial charge in [-0.2, -0.15) is 0 Å². The molecule has 0 aromatic carbocycles. The molecule has 0 saturated heterocycles. The van der Waals surface area contributed by atoms with Crippen LogP contribution in [0.5, 0.6) is 0 Å². The minimum absolute atomic E-state index is 0.220. The van der Waals surface area contributed by atoms with Gasteiger partial charge in [-0.1, -0.05) is 0 Å². The Kier molecular flexibility index (Phi) is 4.24. The third kappa shape index (κ3) is 3.00. The number of rotatable bonds is 4. The van der Waals surface area contributed by atoms with Gasteiger partial charge in [0.2, 0.25) is 0 Å². The molecule has 0 spiro atoms. The molecule has 1 heterocycles. The Morgan fingerprint density at radius 3 is 3.23 bits per heavy atom. The smallest absolute Gasteiger partial charge is 0.331 e. The Hall–Kier alpha value is -0.550. The molecular formula is C8H14N2O2S.